The van der Waals surface area contributed by atoms with Crippen LogP contribution in [0.2, 0.25) is 5.02 Å². The van der Waals surface area contributed by atoms with Crippen LogP contribution in [0.25, 0.3) is 10.9 Å². The summed E-state index contributed by atoms with van der Waals surface area (Å²) in [6.07, 6.45) is 7.94. The first-order valence-electron chi connectivity index (χ1n) is 10.5. The minimum atomic E-state index is -0.190. The molecule has 0 fully saturated rings. The van der Waals surface area contributed by atoms with Gasteiger partial charge >= 0.3 is 0 Å². The van der Waals surface area contributed by atoms with Crippen molar-refractivity contribution in [3.8, 4) is 0 Å². The SMILES string of the molecule is O=C(NCCC1=CCCCC1)c1ccc2c(=O)n(Cc3ccc(Cl)cc3)c(=S)[nH]c2c1. The summed E-state index contributed by atoms with van der Waals surface area (Å²) in [6, 6.07) is 12.3. The van der Waals surface area contributed by atoms with Gasteiger partial charge in [0.25, 0.3) is 11.5 Å². The van der Waals surface area contributed by atoms with Gasteiger partial charge in [0.1, 0.15) is 0 Å². The van der Waals surface area contributed by atoms with Crippen LogP contribution in [-0.2, 0) is 6.54 Å². The molecule has 0 saturated heterocycles. The molecule has 160 valence electrons. The third-order valence-electron chi connectivity index (χ3n) is 5.61. The highest BCUT2D eigenvalue weighted by molar-refractivity contribution is 7.71. The van der Waals surface area contributed by atoms with Crippen molar-refractivity contribution in [1.82, 2.24) is 14.9 Å². The van der Waals surface area contributed by atoms with E-state index in [-0.39, 0.29) is 11.5 Å². The first-order valence-corrected chi connectivity index (χ1v) is 11.3. The van der Waals surface area contributed by atoms with Crippen molar-refractivity contribution in [3.05, 3.63) is 85.4 Å². The van der Waals surface area contributed by atoms with Crippen LogP contribution in [0, 0.1) is 4.77 Å². The minimum Gasteiger partial charge on any atom is -0.352 e. The summed E-state index contributed by atoms with van der Waals surface area (Å²) in [5.74, 6) is -0.150. The molecule has 0 radical (unpaired) electrons. The lowest BCUT2D eigenvalue weighted by Gasteiger charge is -2.13. The van der Waals surface area contributed by atoms with E-state index in [0.717, 1.165) is 24.8 Å². The summed E-state index contributed by atoms with van der Waals surface area (Å²) in [5.41, 5.74) is 3.23. The maximum absolute atomic E-state index is 13.0. The average Bonchev–Trinajstić information content (AvgIpc) is 2.78. The summed E-state index contributed by atoms with van der Waals surface area (Å²) >= 11 is 11.4. The zero-order chi connectivity index (χ0) is 21.8. The number of rotatable bonds is 6. The average molecular weight is 454 g/mol. The maximum Gasteiger partial charge on any atom is 0.262 e. The van der Waals surface area contributed by atoms with Crippen molar-refractivity contribution in [1.29, 1.82) is 0 Å². The number of H-pyrrole nitrogens is 1. The Bertz CT molecular complexity index is 1260. The van der Waals surface area contributed by atoms with Crippen molar-refractivity contribution in [3.63, 3.8) is 0 Å². The topological polar surface area (TPSA) is 66.9 Å². The summed E-state index contributed by atoms with van der Waals surface area (Å²) < 4.78 is 1.83. The van der Waals surface area contributed by atoms with Crippen molar-refractivity contribution in [2.24, 2.45) is 0 Å². The fraction of sp³-hybridized carbons (Fsp3) is 0.292. The predicted octanol–water partition coefficient (Wildman–Crippen LogP) is 5.38. The smallest absolute Gasteiger partial charge is 0.262 e. The van der Waals surface area contributed by atoms with E-state index in [1.165, 1.54) is 23.0 Å². The lowest BCUT2D eigenvalue weighted by atomic mass is 9.97. The highest BCUT2D eigenvalue weighted by atomic mass is 35.5. The first-order chi connectivity index (χ1) is 15.0. The number of carbonyl (C=O) groups excluding carboxylic acids is 1. The third-order valence-corrected chi connectivity index (χ3v) is 6.19. The molecule has 0 bridgehead atoms. The second-order valence-electron chi connectivity index (χ2n) is 7.82. The second-order valence-corrected chi connectivity index (χ2v) is 8.65. The Balaban J connectivity index is 1.51. The van der Waals surface area contributed by atoms with E-state index in [1.54, 1.807) is 30.3 Å². The van der Waals surface area contributed by atoms with E-state index < -0.39 is 0 Å². The predicted molar refractivity (Wildman–Crippen MR) is 127 cm³/mol. The molecule has 2 N–H and O–H groups in total. The number of benzene rings is 2. The van der Waals surface area contributed by atoms with E-state index in [1.807, 2.05) is 12.1 Å². The number of hydrogen-bond acceptors (Lipinski definition) is 3. The van der Waals surface area contributed by atoms with Gasteiger partial charge in [-0.05, 0) is 80.2 Å². The number of amides is 1. The largest absolute Gasteiger partial charge is 0.352 e. The summed E-state index contributed by atoms with van der Waals surface area (Å²) in [7, 11) is 0. The van der Waals surface area contributed by atoms with Crippen LogP contribution < -0.4 is 10.9 Å². The molecular weight excluding hydrogens is 430 g/mol. The Hall–Kier alpha value is -2.70. The molecule has 1 aliphatic rings. The van der Waals surface area contributed by atoms with Crippen molar-refractivity contribution in [2.45, 2.75) is 38.6 Å². The Morgan fingerprint density at radius 2 is 1.97 bits per heavy atom. The normalized spacial score (nSPS) is 13.8. The summed E-state index contributed by atoms with van der Waals surface area (Å²) in [5, 5.41) is 4.11. The molecule has 0 atom stereocenters. The number of allylic oxidation sites excluding steroid dienone is 1. The van der Waals surface area contributed by atoms with Gasteiger partial charge in [0.2, 0.25) is 0 Å². The first kappa shape index (κ1) is 21.5. The van der Waals surface area contributed by atoms with E-state index in [9.17, 15) is 9.59 Å². The summed E-state index contributed by atoms with van der Waals surface area (Å²) in [6.45, 7) is 0.959. The molecule has 1 aromatic heterocycles. The van der Waals surface area contributed by atoms with E-state index in [4.69, 9.17) is 23.8 Å². The van der Waals surface area contributed by atoms with Crippen LogP contribution in [0.1, 0.15) is 48.0 Å². The van der Waals surface area contributed by atoms with E-state index >= 15 is 0 Å². The third kappa shape index (κ3) is 5.14. The monoisotopic (exact) mass is 453 g/mol. The van der Waals surface area contributed by atoms with Crippen LogP contribution in [0.15, 0.2) is 58.9 Å². The molecule has 0 aliphatic heterocycles. The van der Waals surface area contributed by atoms with Gasteiger partial charge in [0, 0.05) is 17.1 Å². The number of halogens is 1. The van der Waals surface area contributed by atoms with Crippen LogP contribution in [0.5, 0.6) is 0 Å². The van der Waals surface area contributed by atoms with Crippen molar-refractivity contribution >= 4 is 40.6 Å². The molecule has 5 nitrogen and oxygen atoms in total. The highest BCUT2D eigenvalue weighted by Gasteiger charge is 2.11. The Morgan fingerprint density at radius 1 is 1.16 bits per heavy atom. The molecular formula is C24H24ClN3O2S. The lowest BCUT2D eigenvalue weighted by Crippen LogP contribution is -2.26. The van der Waals surface area contributed by atoms with E-state index in [0.29, 0.717) is 39.3 Å². The fourth-order valence-electron chi connectivity index (χ4n) is 3.88. The molecule has 0 unspecified atom stereocenters. The van der Waals surface area contributed by atoms with Crippen LogP contribution in [-0.4, -0.2) is 22.0 Å². The standard InChI is InChI=1S/C24H24ClN3O2S/c25-19-9-6-17(7-10-19)15-28-23(30)20-11-8-18(14-21(20)27-24(28)31)22(29)26-13-12-16-4-2-1-3-5-16/h4,6-11,14H,1-3,5,12-13,15H2,(H,26,29)(H,27,31). The summed E-state index contributed by atoms with van der Waals surface area (Å²) in [4.78, 5) is 28.7. The number of hydrogen-bond donors (Lipinski definition) is 2. The molecule has 3 aromatic rings. The quantitative estimate of drug-likeness (QED) is 0.389. The van der Waals surface area contributed by atoms with Gasteiger partial charge in [-0.1, -0.05) is 35.4 Å². The number of carbonyl (C=O) groups is 1. The number of nitrogens with one attached hydrogen (secondary N) is 2. The van der Waals surface area contributed by atoms with Gasteiger partial charge in [-0.15, -0.1) is 0 Å². The highest BCUT2D eigenvalue weighted by Crippen LogP contribution is 2.19. The Labute approximate surface area is 190 Å². The second kappa shape index (κ2) is 9.62. The number of fused-ring (bicyclic) bond motifs is 1. The maximum atomic E-state index is 13.0. The van der Waals surface area contributed by atoms with E-state index in [2.05, 4.69) is 16.4 Å². The van der Waals surface area contributed by atoms with Gasteiger partial charge in [-0.2, -0.15) is 0 Å². The number of aromatic nitrogens is 2. The molecule has 0 saturated carbocycles. The fourth-order valence-corrected chi connectivity index (χ4v) is 4.27. The zero-order valence-corrected chi connectivity index (χ0v) is 18.7. The van der Waals surface area contributed by atoms with Crippen molar-refractivity contribution < 1.29 is 4.79 Å². The molecule has 7 heteroatoms. The molecule has 31 heavy (non-hydrogen) atoms. The Kier molecular flexibility index (Phi) is 6.68. The van der Waals surface area contributed by atoms with Gasteiger partial charge in [0.15, 0.2) is 4.77 Å². The number of aromatic amines is 1. The zero-order valence-electron chi connectivity index (χ0n) is 17.1. The molecule has 1 heterocycles. The van der Waals surface area contributed by atoms with Crippen LogP contribution >= 0.6 is 23.8 Å². The van der Waals surface area contributed by atoms with Gasteiger partial charge < -0.3 is 10.3 Å². The van der Waals surface area contributed by atoms with Gasteiger partial charge in [-0.25, -0.2) is 0 Å². The van der Waals surface area contributed by atoms with Gasteiger partial charge in [0.05, 0.1) is 17.4 Å². The molecule has 2 aromatic carbocycles. The molecule has 1 aliphatic carbocycles. The lowest BCUT2D eigenvalue weighted by molar-refractivity contribution is 0.0954. The molecule has 0 spiro atoms. The minimum absolute atomic E-state index is 0.150. The Morgan fingerprint density at radius 3 is 2.71 bits per heavy atom. The molecule has 1 amide bonds. The van der Waals surface area contributed by atoms with Crippen LogP contribution in [0.3, 0.4) is 0 Å². The molecule has 4 rings (SSSR count). The van der Waals surface area contributed by atoms with Gasteiger partial charge in [-0.3, -0.25) is 14.2 Å². The number of nitrogens with zero attached hydrogens (tertiary/aromatic N) is 1. The van der Waals surface area contributed by atoms with Crippen molar-refractivity contribution in [2.75, 3.05) is 6.54 Å². The van der Waals surface area contributed by atoms with Crippen LogP contribution in [0.4, 0.5) is 0 Å².